The molecular formula is C13H22ClN3O4S. The molecule has 0 saturated heterocycles. The zero-order valence-corrected chi connectivity index (χ0v) is 14.2. The number of sulfonamides is 1. The number of carbonyl (C=O) groups excluding carboxylic acids is 1. The highest BCUT2D eigenvalue weighted by atomic mass is 35.5. The lowest BCUT2D eigenvalue weighted by molar-refractivity contribution is 0.0997. The monoisotopic (exact) mass is 351 g/mol. The molecule has 7 nitrogen and oxygen atoms in total. The minimum atomic E-state index is -3.68. The van der Waals surface area contributed by atoms with Gasteiger partial charge in [0.05, 0.1) is 17.6 Å². The number of methoxy groups -OCH3 is 1. The van der Waals surface area contributed by atoms with Crippen molar-refractivity contribution in [1.82, 2.24) is 10.0 Å². The second-order valence-corrected chi connectivity index (χ2v) is 6.14. The molecule has 0 spiro atoms. The van der Waals surface area contributed by atoms with Crippen LogP contribution >= 0.6 is 12.4 Å². The predicted molar refractivity (Wildman–Crippen MR) is 87.1 cm³/mol. The molecule has 0 aromatic heterocycles. The van der Waals surface area contributed by atoms with Crippen LogP contribution in [0.15, 0.2) is 23.1 Å². The molecule has 0 unspecified atom stereocenters. The van der Waals surface area contributed by atoms with E-state index >= 15 is 0 Å². The van der Waals surface area contributed by atoms with Crippen molar-refractivity contribution in [3.63, 3.8) is 0 Å². The summed E-state index contributed by atoms with van der Waals surface area (Å²) in [7, 11) is -2.30. The van der Waals surface area contributed by atoms with Crippen LogP contribution in [0.2, 0.25) is 0 Å². The van der Waals surface area contributed by atoms with Gasteiger partial charge in [-0.3, -0.25) is 4.79 Å². The Hall–Kier alpha value is -1.35. The molecule has 9 heteroatoms. The first kappa shape index (κ1) is 20.6. The summed E-state index contributed by atoms with van der Waals surface area (Å²) in [4.78, 5) is 11.3. The molecule has 0 radical (unpaired) electrons. The summed E-state index contributed by atoms with van der Waals surface area (Å²) < 4.78 is 31.6. The standard InChI is InChI=1S/C13H21N3O4S.ClH/c1-3-6-15-7-8-16-21(18,19)10-4-5-12(20-2)11(9-10)13(14)17;/h4-5,9,15-16H,3,6-8H2,1-2H3,(H2,14,17);1H. The minimum absolute atomic E-state index is 0. The van der Waals surface area contributed by atoms with Gasteiger partial charge in [-0.25, -0.2) is 13.1 Å². The van der Waals surface area contributed by atoms with Crippen molar-refractivity contribution in [2.45, 2.75) is 18.2 Å². The van der Waals surface area contributed by atoms with E-state index < -0.39 is 15.9 Å². The van der Waals surface area contributed by atoms with Crippen LogP contribution in [0, 0.1) is 0 Å². The lowest BCUT2D eigenvalue weighted by Crippen LogP contribution is -2.32. The quantitative estimate of drug-likeness (QED) is 0.561. The number of amides is 1. The Morgan fingerprint density at radius 1 is 1.27 bits per heavy atom. The van der Waals surface area contributed by atoms with E-state index in [0.717, 1.165) is 13.0 Å². The molecule has 22 heavy (non-hydrogen) atoms. The van der Waals surface area contributed by atoms with E-state index in [0.29, 0.717) is 6.54 Å². The average Bonchev–Trinajstić information content (AvgIpc) is 2.46. The largest absolute Gasteiger partial charge is 0.496 e. The van der Waals surface area contributed by atoms with Crippen LogP contribution in [0.5, 0.6) is 5.75 Å². The smallest absolute Gasteiger partial charge is 0.252 e. The van der Waals surface area contributed by atoms with E-state index in [-0.39, 0.29) is 35.2 Å². The Bertz CT molecular complexity index is 593. The Labute approximate surface area is 137 Å². The number of primary amides is 1. The van der Waals surface area contributed by atoms with Crippen molar-refractivity contribution in [3.05, 3.63) is 23.8 Å². The third-order valence-corrected chi connectivity index (χ3v) is 4.23. The summed E-state index contributed by atoms with van der Waals surface area (Å²) in [5, 5.41) is 3.09. The van der Waals surface area contributed by atoms with E-state index in [4.69, 9.17) is 10.5 Å². The van der Waals surface area contributed by atoms with Crippen molar-refractivity contribution < 1.29 is 17.9 Å². The molecule has 0 bridgehead atoms. The van der Waals surface area contributed by atoms with E-state index in [2.05, 4.69) is 10.0 Å². The van der Waals surface area contributed by atoms with Crippen LogP contribution in [-0.4, -0.2) is 41.1 Å². The van der Waals surface area contributed by atoms with E-state index in [9.17, 15) is 13.2 Å². The fourth-order valence-electron chi connectivity index (χ4n) is 1.71. The van der Waals surface area contributed by atoms with Gasteiger partial charge < -0.3 is 15.8 Å². The van der Waals surface area contributed by atoms with Gasteiger partial charge in [0.15, 0.2) is 0 Å². The highest BCUT2D eigenvalue weighted by molar-refractivity contribution is 7.89. The van der Waals surface area contributed by atoms with Crippen LogP contribution in [0.1, 0.15) is 23.7 Å². The molecular weight excluding hydrogens is 330 g/mol. The maximum atomic E-state index is 12.1. The van der Waals surface area contributed by atoms with Gasteiger partial charge in [-0.15, -0.1) is 12.4 Å². The first-order chi connectivity index (χ1) is 9.92. The lowest BCUT2D eigenvalue weighted by atomic mass is 10.2. The van der Waals surface area contributed by atoms with Gasteiger partial charge in [-0.2, -0.15) is 0 Å². The SMILES string of the molecule is CCCNCCNS(=O)(=O)c1ccc(OC)c(C(N)=O)c1.Cl. The van der Waals surface area contributed by atoms with Crippen LogP contribution in [-0.2, 0) is 10.0 Å². The van der Waals surface area contributed by atoms with Crippen LogP contribution in [0.25, 0.3) is 0 Å². The number of hydrogen-bond donors (Lipinski definition) is 3. The first-order valence-electron chi connectivity index (χ1n) is 6.60. The van der Waals surface area contributed by atoms with Crippen molar-refractivity contribution in [2.75, 3.05) is 26.7 Å². The number of rotatable bonds is 9. The summed E-state index contributed by atoms with van der Waals surface area (Å²) in [6.07, 6.45) is 0.979. The van der Waals surface area contributed by atoms with Gasteiger partial charge in [0.25, 0.3) is 5.91 Å². The average molecular weight is 352 g/mol. The van der Waals surface area contributed by atoms with E-state index in [1.807, 2.05) is 6.92 Å². The number of nitrogens with one attached hydrogen (secondary N) is 2. The molecule has 0 aliphatic carbocycles. The second-order valence-electron chi connectivity index (χ2n) is 4.37. The van der Waals surface area contributed by atoms with Gasteiger partial charge in [0, 0.05) is 13.1 Å². The molecule has 1 aromatic rings. The Morgan fingerprint density at radius 3 is 2.50 bits per heavy atom. The van der Waals surface area contributed by atoms with Crippen molar-refractivity contribution in [1.29, 1.82) is 0 Å². The third kappa shape index (κ3) is 5.80. The third-order valence-electron chi connectivity index (χ3n) is 2.77. The van der Waals surface area contributed by atoms with Gasteiger partial charge in [0.2, 0.25) is 10.0 Å². The van der Waals surface area contributed by atoms with Crippen molar-refractivity contribution in [3.8, 4) is 5.75 Å². The number of carbonyl (C=O) groups is 1. The van der Waals surface area contributed by atoms with Gasteiger partial charge in [0.1, 0.15) is 5.75 Å². The van der Waals surface area contributed by atoms with E-state index in [1.165, 1.54) is 25.3 Å². The fraction of sp³-hybridized carbons (Fsp3) is 0.462. The van der Waals surface area contributed by atoms with E-state index in [1.54, 1.807) is 0 Å². The molecule has 0 saturated carbocycles. The Morgan fingerprint density at radius 2 is 1.95 bits per heavy atom. The summed E-state index contributed by atoms with van der Waals surface area (Å²) in [6.45, 7) is 3.65. The topological polar surface area (TPSA) is 111 Å². The fourth-order valence-corrected chi connectivity index (χ4v) is 2.76. The zero-order valence-electron chi connectivity index (χ0n) is 12.6. The number of nitrogens with two attached hydrogens (primary N) is 1. The molecule has 0 heterocycles. The highest BCUT2D eigenvalue weighted by Crippen LogP contribution is 2.21. The Kier molecular flexibility index (Phi) is 9.03. The summed E-state index contributed by atoms with van der Waals surface area (Å²) in [6, 6.07) is 3.99. The lowest BCUT2D eigenvalue weighted by Gasteiger charge is -2.10. The van der Waals surface area contributed by atoms with Gasteiger partial charge in [-0.1, -0.05) is 6.92 Å². The zero-order chi connectivity index (χ0) is 15.9. The van der Waals surface area contributed by atoms with Crippen LogP contribution < -0.4 is 20.5 Å². The summed E-state index contributed by atoms with van der Waals surface area (Å²) >= 11 is 0. The molecule has 0 atom stereocenters. The predicted octanol–water partition coefficient (Wildman–Crippen LogP) is 0.494. The molecule has 1 rings (SSSR count). The molecule has 126 valence electrons. The molecule has 1 aromatic carbocycles. The maximum Gasteiger partial charge on any atom is 0.252 e. The molecule has 1 amide bonds. The van der Waals surface area contributed by atoms with Crippen LogP contribution in [0.3, 0.4) is 0 Å². The first-order valence-corrected chi connectivity index (χ1v) is 8.09. The summed E-state index contributed by atoms with van der Waals surface area (Å²) in [5.74, 6) is -0.500. The number of hydrogen-bond acceptors (Lipinski definition) is 5. The Balaban J connectivity index is 0.00000441. The van der Waals surface area contributed by atoms with Gasteiger partial charge in [-0.05, 0) is 31.2 Å². The van der Waals surface area contributed by atoms with Crippen LogP contribution in [0.4, 0.5) is 0 Å². The maximum absolute atomic E-state index is 12.1. The molecule has 0 aliphatic rings. The second kappa shape index (κ2) is 9.62. The number of halogens is 1. The highest BCUT2D eigenvalue weighted by Gasteiger charge is 2.18. The number of benzene rings is 1. The molecule has 0 fully saturated rings. The minimum Gasteiger partial charge on any atom is -0.496 e. The molecule has 0 aliphatic heterocycles. The van der Waals surface area contributed by atoms with Gasteiger partial charge >= 0.3 is 0 Å². The van der Waals surface area contributed by atoms with Crippen molar-refractivity contribution >= 4 is 28.3 Å². The summed E-state index contributed by atoms with van der Waals surface area (Å²) in [5.41, 5.74) is 5.25. The van der Waals surface area contributed by atoms with Crippen molar-refractivity contribution in [2.24, 2.45) is 5.73 Å². The number of ether oxygens (including phenoxy) is 1. The normalized spacial score (nSPS) is 10.8. The molecule has 4 N–H and O–H groups in total.